The summed E-state index contributed by atoms with van der Waals surface area (Å²) >= 11 is 1.09. The van der Waals surface area contributed by atoms with E-state index in [1.54, 1.807) is 12.6 Å². The fourth-order valence-electron chi connectivity index (χ4n) is 5.34. The Balaban J connectivity index is 1.83. The summed E-state index contributed by atoms with van der Waals surface area (Å²) in [7, 11) is 1.65. The topological polar surface area (TPSA) is 60.8 Å². The first kappa shape index (κ1) is 22.4. The molecule has 0 spiro atoms. The lowest BCUT2D eigenvalue weighted by Gasteiger charge is -2.41. The zero-order chi connectivity index (χ0) is 21.4. The molecule has 0 unspecified atom stereocenters. The molecule has 2 N–H and O–H groups in total. The minimum Gasteiger partial charge on any atom is -0.388 e. The molecule has 0 aromatic carbocycles. The highest BCUT2D eigenvalue weighted by atomic mass is 32.2. The number of carbonyl (C=O) groups excluding carboxylic acids is 1. The molecule has 0 bridgehead atoms. The zero-order valence-corrected chi connectivity index (χ0v) is 19.0. The second-order valence-electron chi connectivity index (χ2n) is 9.05. The summed E-state index contributed by atoms with van der Waals surface area (Å²) in [5.41, 5.74) is 4.89. The zero-order valence-electron chi connectivity index (χ0n) is 18.2. The van der Waals surface area contributed by atoms with Crippen LogP contribution in [0.25, 0.3) is 0 Å². The van der Waals surface area contributed by atoms with Crippen molar-refractivity contribution in [3.63, 3.8) is 0 Å². The first-order chi connectivity index (χ1) is 13.6. The maximum Gasteiger partial charge on any atom is 0.229 e. The molecule has 29 heavy (non-hydrogen) atoms. The van der Waals surface area contributed by atoms with E-state index in [-0.39, 0.29) is 17.7 Å². The van der Waals surface area contributed by atoms with Gasteiger partial charge in [-0.2, -0.15) is 0 Å². The van der Waals surface area contributed by atoms with Crippen molar-refractivity contribution in [1.29, 1.82) is 0 Å². The molecule has 0 saturated heterocycles. The molecule has 3 aliphatic rings. The molecule has 4 nitrogen and oxygen atoms in total. The molecule has 4 atom stereocenters. The van der Waals surface area contributed by atoms with Crippen molar-refractivity contribution in [3.05, 3.63) is 47.1 Å². The summed E-state index contributed by atoms with van der Waals surface area (Å²) in [5.74, 6) is 0.429. The summed E-state index contributed by atoms with van der Waals surface area (Å²) in [6.07, 6.45) is 12.2. The third-order valence-electron chi connectivity index (χ3n) is 7.14. The van der Waals surface area contributed by atoms with Crippen LogP contribution >= 0.6 is 11.9 Å². The van der Waals surface area contributed by atoms with Gasteiger partial charge in [-0.3, -0.25) is 9.10 Å². The molecule has 3 rings (SSSR count). The average Bonchev–Trinajstić information content (AvgIpc) is 2.99. The number of amides is 1. The summed E-state index contributed by atoms with van der Waals surface area (Å²) in [5, 5.41) is 21.5. The highest BCUT2D eigenvalue weighted by molar-refractivity contribution is 7.98. The van der Waals surface area contributed by atoms with Crippen LogP contribution in [0.5, 0.6) is 0 Å². The van der Waals surface area contributed by atoms with Gasteiger partial charge in [-0.1, -0.05) is 49.8 Å². The van der Waals surface area contributed by atoms with E-state index in [9.17, 15) is 15.0 Å². The Morgan fingerprint density at radius 2 is 2.17 bits per heavy atom. The molecule has 3 aliphatic carbocycles. The van der Waals surface area contributed by atoms with Crippen LogP contribution in [-0.2, 0) is 4.79 Å². The Kier molecular flexibility index (Phi) is 6.52. The van der Waals surface area contributed by atoms with Gasteiger partial charge in [-0.05, 0) is 66.5 Å². The Labute approximate surface area is 179 Å². The van der Waals surface area contributed by atoms with Crippen molar-refractivity contribution in [2.75, 3.05) is 7.05 Å². The van der Waals surface area contributed by atoms with Crippen molar-refractivity contribution in [2.45, 2.75) is 76.8 Å². The number of aliphatic hydroxyl groups is 2. The number of carbonyl (C=O) groups is 1. The Hall–Kier alpha value is -1.30. The number of allylic oxidation sites excluding steroid dienone is 5. The van der Waals surface area contributed by atoms with Crippen LogP contribution in [0.3, 0.4) is 0 Å². The van der Waals surface area contributed by atoms with Gasteiger partial charge in [-0.25, -0.2) is 0 Å². The lowest BCUT2D eigenvalue weighted by Crippen LogP contribution is -2.40. The minimum absolute atomic E-state index is 0.128. The highest BCUT2D eigenvalue weighted by Gasteiger charge is 2.44. The van der Waals surface area contributed by atoms with Crippen LogP contribution in [0.4, 0.5) is 0 Å². The standard InChI is InChI=1S/C24H35NO3S/c1-6-20-11-12-21-18(8-7-13-23(20,21)4)9-10-19-14-24(28,15-22(27)16(19)2)29-25(5)17(3)26/h9-11,21-22,27-28H,2,6-8,12-15H2,1,3-5H3/t21-,22-,23+,24-/m0/s1. The Bertz CT molecular complexity index is 783. The van der Waals surface area contributed by atoms with Crippen LogP contribution < -0.4 is 0 Å². The number of aliphatic hydroxyl groups excluding tert-OH is 1. The molecule has 2 fully saturated rings. The third kappa shape index (κ3) is 4.42. The maximum absolute atomic E-state index is 11.6. The number of hydrogen-bond acceptors (Lipinski definition) is 4. The summed E-state index contributed by atoms with van der Waals surface area (Å²) < 4.78 is 1.43. The molecule has 160 valence electrons. The average molecular weight is 418 g/mol. The van der Waals surface area contributed by atoms with Gasteiger partial charge >= 0.3 is 0 Å². The van der Waals surface area contributed by atoms with Gasteiger partial charge in [0.05, 0.1) is 6.10 Å². The van der Waals surface area contributed by atoms with Gasteiger partial charge in [0.2, 0.25) is 5.91 Å². The first-order valence-corrected chi connectivity index (χ1v) is 11.5. The quantitative estimate of drug-likeness (QED) is 0.387. The van der Waals surface area contributed by atoms with E-state index in [2.05, 4.69) is 38.7 Å². The molecular weight excluding hydrogens is 382 g/mol. The maximum atomic E-state index is 11.6. The number of fused-ring (bicyclic) bond motifs is 1. The van der Waals surface area contributed by atoms with Gasteiger partial charge < -0.3 is 10.2 Å². The van der Waals surface area contributed by atoms with E-state index >= 15 is 0 Å². The van der Waals surface area contributed by atoms with E-state index in [4.69, 9.17) is 0 Å². The number of rotatable bonds is 4. The van der Waals surface area contributed by atoms with Crippen molar-refractivity contribution < 1.29 is 15.0 Å². The lowest BCUT2D eigenvalue weighted by atomic mass is 9.64. The van der Waals surface area contributed by atoms with Crippen molar-refractivity contribution in [1.82, 2.24) is 4.31 Å². The van der Waals surface area contributed by atoms with Crippen molar-refractivity contribution in [2.24, 2.45) is 11.3 Å². The summed E-state index contributed by atoms with van der Waals surface area (Å²) in [6, 6.07) is 0. The van der Waals surface area contributed by atoms with Gasteiger partial charge in [0.15, 0.2) is 0 Å². The third-order valence-corrected chi connectivity index (χ3v) is 8.32. The molecule has 5 heteroatoms. The van der Waals surface area contributed by atoms with E-state index in [0.29, 0.717) is 17.9 Å². The Morgan fingerprint density at radius 1 is 1.45 bits per heavy atom. The van der Waals surface area contributed by atoms with Gasteiger partial charge in [0.25, 0.3) is 0 Å². The molecular formula is C24H35NO3S. The molecule has 1 amide bonds. The predicted molar refractivity (Wildman–Crippen MR) is 120 cm³/mol. The van der Waals surface area contributed by atoms with Crippen LogP contribution in [0.15, 0.2) is 47.1 Å². The Morgan fingerprint density at radius 3 is 2.83 bits per heavy atom. The molecule has 0 aromatic heterocycles. The second kappa shape index (κ2) is 8.44. The predicted octanol–water partition coefficient (Wildman–Crippen LogP) is 4.91. The number of nitrogens with zero attached hydrogens (tertiary/aromatic N) is 1. The monoisotopic (exact) mass is 417 g/mol. The van der Waals surface area contributed by atoms with Gasteiger partial charge in [0, 0.05) is 26.8 Å². The molecule has 0 heterocycles. The molecule has 0 radical (unpaired) electrons. The first-order valence-electron chi connectivity index (χ1n) is 10.7. The minimum atomic E-state index is -1.21. The largest absolute Gasteiger partial charge is 0.388 e. The normalized spacial score (nSPS) is 37.6. The van der Waals surface area contributed by atoms with E-state index in [0.717, 1.165) is 36.8 Å². The van der Waals surface area contributed by atoms with Crippen LogP contribution in [0.1, 0.15) is 65.7 Å². The van der Waals surface area contributed by atoms with Crippen LogP contribution in [0, 0.1) is 11.3 Å². The number of hydrogen-bond donors (Lipinski definition) is 2. The summed E-state index contributed by atoms with van der Waals surface area (Å²) in [4.78, 5) is 10.4. The van der Waals surface area contributed by atoms with Crippen molar-refractivity contribution >= 4 is 17.9 Å². The smallest absolute Gasteiger partial charge is 0.229 e. The molecule has 0 aliphatic heterocycles. The van der Waals surface area contributed by atoms with E-state index in [1.165, 1.54) is 29.6 Å². The fraction of sp³-hybridized carbons (Fsp3) is 0.625. The van der Waals surface area contributed by atoms with E-state index in [1.807, 2.05) is 0 Å². The molecule has 0 aromatic rings. The van der Waals surface area contributed by atoms with Crippen LogP contribution in [0.2, 0.25) is 0 Å². The van der Waals surface area contributed by atoms with Gasteiger partial charge in [-0.15, -0.1) is 0 Å². The van der Waals surface area contributed by atoms with E-state index < -0.39 is 11.0 Å². The highest BCUT2D eigenvalue weighted by Crippen LogP contribution is 2.55. The molecule has 2 saturated carbocycles. The SMILES string of the molecule is C=C1C(=CC=C2CCC[C@]3(C)C(CC)=CC[C@@H]23)C[C@](O)(SN(C)C(C)=O)C[C@@H]1O. The second-order valence-corrected chi connectivity index (χ2v) is 10.5. The lowest BCUT2D eigenvalue weighted by molar-refractivity contribution is -0.123. The fourth-order valence-corrected chi connectivity index (χ4v) is 6.43. The van der Waals surface area contributed by atoms with Crippen molar-refractivity contribution in [3.8, 4) is 0 Å². The van der Waals surface area contributed by atoms with Gasteiger partial charge in [0.1, 0.15) is 4.93 Å². The van der Waals surface area contributed by atoms with Crippen LogP contribution in [-0.4, -0.2) is 38.5 Å². The summed E-state index contributed by atoms with van der Waals surface area (Å²) in [6.45, 7) is 10.2.